The molecule has 0 saturated carbocycles. The lowest BCUT2D eigenvalue weighted by Gasteiger charge is -2.23. The van der Waals surface area contributed by atoms with E-state index in [1.165, 1.54) is 27.5 Å². The number of nitrogens with zero attached hydrogens (tertiary/aromatic N) is 4. The maximum absolute atomic E-state index is 13.2. The number of thiazole rings is 1. The van der Waals surface area contributed by atoms with Crippen molar-refractivity contribution in [1.29, 1.82) is 0 Å². The fourth-order valence-electron chi connectivity index (χ4n) is 4.79. The fraction of sp³-hybridized carbons (Fsp3) is 0.367. The highest BCUT2D eigenvalue weighted by molar-refractivity contribution is 7.90. The molecular formula is C30H37N7O7S3. The van der Waals surface area contributed by atoms with E-state index in [-0.39, 0.29) is 79.5 Å². The van der Waals surface area contributed by atoms with Gasteiger partial charge in [-0.15, -0.1) is 11.3 Å². The Labute approximate surface area is 278 Å². The summed E-state index contributed by atoms with van der Waals surface area (Å²) < 4.78 is 54.6. The number of sulfonamides is 2. The maximum atomic E-state index is 13.2. The van der Waals surface area contributed by atoms with Crippen molar-refractivity contribution in [1.82, 2.24) is 24.2 Å². The van der Waals surface area contributed by atoms with Crippen LogP contribution < -0.4 is 15.8 Å². The predicted octanol–water partition coefficient (Wildman–Crippen LogP) is 1.26. The number of hydrogen-bond acceptors (Lipinski definition) is 10. The summed E-state index contributed by atoms with van der Waals surface area (Å²) in [6.45, 7) is 1.57. The van der Waals surface area contributed by atoms with Crippen LogP contribution in [0.2, 0.25) is 0 Å². The minimum absolute atomic E-state index is 0.00209. The molecule has 1 aliphatic rings. The molecule has 4 rings (SSSR count). The van der Waals surface area contributed by atoms with Gasteiger partial charge in [0, 0.05) is 44.2 Å². The third kappa shape index (κ3) is 10.4. The standard InChI is InChI=1S/C30H37N7O7S3/c1-22-9-11-24(12-10-22)47(43,44)35-30(31)33-14-5-8-25(28(40)29-32-15-19-45-29)34-26(38)20-36-17-18-37(16-13-27(36)39)46(41,42)21-23-6-3-2-4-7-23/h2-4,6-7,9-12,15,19,25H,5,8,13-14,16-18,20-21H2,1H3,(H,34,38)(H3,31,33,35). The number of aliphatic imine (C=N–C) groups is 1. The molecule has 0 radical (unpaired) electrons. The topological polar surface area (TPSA) is 201 Å². The van der Waals surface area contributed by atoms with Gasteiger partial charge in [0.05, 0.1) is 23.2 Å². The molecule has 0 aliphatic carbocycles. The van der Waals surface area contributed by atoms with E-state index >= 15 is 0 Å². The van der Waals surface area contributed by atoms with Gasteiger partial charge in [-0.05, 0) is 37.5 Å². The summed E-state index contributed by atoms with van der Waals surface area (Å²) in [6.07, 6.45) is 1.77. The van der Waals surface area contributed by atoms with Gasteiger partial charge < -0.3 is 16.0 Å². The van der Waals surface area contributed by atoms with Crippen LogP contribution in [0, 0.1) is 6.92 Å². The van der Waals surface area contributed by atoms with Crippen molar-refractivity contribution in [2.45, 2.75) is 42.9 Å². The second kappa shape index (κ2) is 16.1. The molecule has 2 aromatic carbocycles. The first-order valence-electron chi connectivity index (χ1n) is 14.8. The van der Waals surface area contributed by atoms with Gasteiger partial charge in [0.15, 0.2) is 5.01 Å². The zero-order valence-electron chi connectivity index (χ0n) is 25.7. The number of nitrogens with two attached hydrogens (primary N) is 1. The second-order valence-electron chi connectivity index (χ2n) is 10.9. The third-order valence-corrected chi connectivity index (χ3v) is 11.3. The average Bonchev–Trinajstić information content (AvgIpc) is 3.50. The highest BCUT2D eigenvalue weighted by Crippen LogP contribution is 2.16. The summed E-state index contributed by atoms with van der Waals surface area (Å²) in [6, 6.07) is 14.0. The first-order chi connectivity index (χ1) is 22.3. The summed E-state index contributed by atoms with van der Waals surface area (Å²) in [5, 5.41) is 4.50. The normalized spacial score (nSPS) is 15.6. The largest absolute Gasteiger partial charge is 0.369 e. The Kier molecular flexibility index (Phi) is 12.2. The molecule has 47 heavy (non-hydrogen) atoms. The van der Waals surface area contributed by atoms with E-state index in [4.69, 9.17) is 5.73 Å². The van der Waals surface area contributed by atoms with Gasteiger partial charge in [0.1, 0.15) is 0 Å². The number of aromatic nitrogens is 1. The predicted molar refractivity (Wildman–Crippen MR) is 177 cm³/mol. The Hall–Kier alpha value is -4.19. The molecule has 1 atom stereocenters. The zero-order valence-corrected chi connectivity index (χ0v) is 28.2. The van der Waals surface area contributed by atoms with Crippen molar-refractivity contribution >= 4 is 54.9 Å². The smallest absolute Gasteiger partial charge is 0.264 e. The Morgan fingerprint density at radius 1 is 1.04 bits per heavy atom. The molecule has 17 heteroatoms. The molecule has 1 saturated heterocycles. The molecule has 3 aromatic rings. The molecule has 2 amide bonds. The number of guanidine groups is 1. The molecule has 1 fully saturated rings. The van der Waals surface area contributed by atoms with Crippen LogP contribution in [0.15, 0.2) is 76.1 Å². The van der Waals surface area contributed by atoms with Crippen LogP contribution in [0.25, 0.3) is 0 Å². The fourth-order valence-corrected chi connectivity index (χ4v) is 7.89. The first-order valence-corrected chi connectivity index (χ1v) is 18.7. The van der Waals surface area contributed by atoms with Crippen LogP contribution in [0.4, 0.5) is 0 Å². The molecule has 2 heterocycles. The molecule has 252 valence electrons. The SMILES string of the molecule is Cc1ccc(S(=O)(=O)NC(N)=NCCCC(NC(=O)CN2CCN(S(=O)(=O)Cc3ccccc3)CCC2=O)C(=O)c2nccs2)cc1. The Morgan fingerprint density at radius 3 is 2.45 bits per heavy atom. The lowest BCUT2D eigenvalue weighted by atomic mass is 10.1. The van der Waals surface area contributed by atoms with Crippen LogP contribution in [0.1, 0.15) is 40.2 Å². The molecule has 0 spiro atoms. The summed E-state index contributed by atoms with van der Waals surface area (Å²) in [5.41, 5.74) is 7.33. The molecule has 1 aromatic heterocycles. The van der Waals surface area contributed by atoms with Gasteiger partial charge in [-0.3, -0.25) is 19.4 Å². The molecule has 4 N–H and O–H groups in total. The Morgan fingerprint density at radius 2 is 1.77 bits per heavy atom. The van der Waals surface area contributed by atoms with Gasteiger partial charge in [0.25, 0.3) is 10.0 Å². The Bertz CT molecular complexity index is 1780. The van der Waals surface area contributed by atoms with Crippen molar-refractivity contribution < 1.29 is 31.2 Å². The number of amides is 2. The van der Waals surface area contributed by atoms with Crippen LogP contribution in [0.5, 0.6) is 0 Å². The van der Waals surface area contributed by atoms with E-state index in [1.54, 1.807) is 47.8 Å². The van der Waals surface area contributed by atoms with Crippen LogP contribution in [-0.2, 0) is 35.4 Å². The second-order valence-corrected chi connectivity index (χ2v) is 15.4. The van der Waals surface area contributed by atoms with Gasteiger partial charge in [-0.1, -0.05) is 48.0 Å². The third-order valence-electron chi connectivity index (χ3n) is 7.26. The molecule has 0 bridgehead atoms. The summed E-state index contributed by atoms with van der Waals surface area (Å²) in [7, 11) is -7.62. The number of hydrogen-bond donors (Lipinski definition) is 3. The van der Waals surface area contributed by atoms with E-state index in [9.17, 15) is 31.2 Å². The summed E-state index contributed by atoms with van der Waals surface area (Å²) >= 11 is 1.11. The van der Waals surface area contributed by atoms with E-state index in [1.807, 2.05) is 6.92 Å². The number of carbonyl (C=O) groups is 3. The van der Waals surface area contributed by atoms with Gasteiger partial charge >= 0.3 is 0 Å². The molecule has 14 nitrogen and oxygen atoms in total. The number of rotatable bonds is 14. The number of Topliss-reactive ketones (excluding diaryl/α,β-unsaturated/α-hetero) is 1. The average molecular weight is 704 g/mol. The van der Waals surface area contributed by atoms with E-state index in [0.717, 1.165) is 16.9 Å². The van der Waals surface area contributed by atoms with Gasteiger partial charge in [-0.2, -0.15) is 4.31 Å². The van der Waals surface area contributed by atoms with Crippen LogP contribution in [0.3, 0.4) is 0 Å². The van der Waals surface area contributed by atoms with Crippen molar-refractivity contribution in [3.8, 4) is 0 Å². The van der Waals surface area contributed by atoms with E-state index < -0.39 is 37.8 Å². The lowest BCUT2D eigenvalue weighted by Crippen LogP contribution is -2.47. The number of ketones is 1. The number of carbonyl (C=O) groups excluding carboxylic acids is 3. The van der Waals surface area contributed by atoms with Crippen molar-refractivity contribution in [2.24, 2.45) is 10.7 Å². The van der Waals surface area contributed by atoms with Crippen molar-refractivity contribution in [3.05, 3.63) is 82.3 Å². The van der Waals surface area contributed by atoms with Crippen molar-refractivity contribution in [2.75, 3.05) is 32.7 Å². The maximum Gasteiger partial charge on any atom is 0.264 e. The summed E-state index contributed by atoms with van der Waals surface area (Å²) in [4.78, 5) is 48.5. The number of nitrogens with one attached hydrogen (secondary N) is 2. The number of benzene rings is 2. The van der Waals surface area contributed by atoms with Crippen LogP contribution >= 0.6 is 11.3 Å². The van der Waals surface area contributed by atoms with E-state index in [2.05, 4.69) is 20.0 Å². The quantitative estimate of drug-likeness (QED) is 0.0957. The minimum Gasteiger partial charge on any atom is -0.369 e. The first kappa shape index (κ1) is 35.7. The lowest BCUT2D eigenvalue weighted by molar-refractivity contribution is -0.135. The molecule has 1 unspecified atom stereocenters. The Balaban J connectivity index is 1.33. The highest BCUT2D eigenvalue weighted by Gasteiger charge is 2.31. The number of aryl methyl sites for hydroxylation is 1. The zero-order chi connectivity index (χ0) is 34.0. The van der Waals surface area contributed by atoms with Gasteiger partial charge in [0.2, 0.25) is 33.6 Å². The van der Waals surface area contributed by atoms with Crippen LogP contribution in [-0.4, -0.2) is 93.3 Å². The molecular weight excluding hydrogens is 667 g/mol. The minimum atomic E-state index is -3.93. The van der Waals surface area contributed by atoms with Crippen molar-refractivity contribution in [3.63, 3.8) is 0 Å². The highest BCUT2D eigenvalue weighted by atomic mass is 32.2. The molecule has 1 aliphatic heterocycles. The van der Waals surface area contributed by atoms with E-state index in [0.29, 0.717) is 5.56 Å². The summed E-state index contributed by atoms with van der Waals surface area (Å²) in [5.74, 6) is -1.92. The van der Waals surface area contributed by atoms with Gasteiger partial charge in [-0.25, -0.2) is 26.5 Å². The monoisotopic (exact) mass is 703 g/mol.